The van der Waals surface area contributed by atoms with Crippen molar-refractivity contribution in [1.82, 2.24) is 15.0 Å². The lowest BCUT2D eigenvalue weighted by Gasteiger charge is -2.01. The number of aryl methyl sites for hydroxylation is 1. The van der Waals surface area contributed by atoms with E-state index in [1.807, 2.05) is 71.0 Å². The molecule has 22 heavy (non-hydrogen) atoms. The van der Waals surface area contributed by atoms with Crippen molar-refractivity contribution in [3.63, 3.8) is 0 Å². The number of aromatic nitrogens is 3. The predicted octanol–water partition coefficient (Wildman–Crippen LogP) is 5.50. The fraction of sp³-hybridized carbons (Fsp3) is 0.263. The number of pyridine rings is 1. The van der Waals surface area contributed by atoms with Crippen LogP contribution in [0.15, 0.2) is 54.7 Å². The van der Waals surface area contributed by atoms with Gasteiger partial charge in [-0.3, -0.25) is 4.98 Å². The van der Waals surface area contributed by atoms with E-state index in [-0.39, 0.29) is 0 Å². The van der Waals surface area contributed by atoms with Crippen molar-refractivity contribution < 1.29 is 0 Å². The number of nitrogens with one attached hydrogen (secondary N) is 1. The lowest BCUT2D eigenvalue weighted by Crippen LogP contribution is -1.86. The van der Waals surface area contributed by atoms with Crippen LogP contribution in [0.3, 0.4) is 0 Å². The molecule has 1 aromatic carbocycles. The second kappa shape index (κ2) is 9.50. The largest absolute Gasteiger partial charge is 0.340 e. The van der Waals surface area contributed by atoms with Gasteiger partial charge in [0.15, 0.2) is 0 Å². The molecule has 0 saturated carbocycles. The van der Waals surface area contributed by atoms with Crippen LogP contribution in [0.1, 0.15) is 33.5 Å². The molecule has 0 aliphatic carbocycles. The molecule has 3 nitrogen and oxygen atoms in total. The Hall–Kier alpha value is -2.42. The van der Waals surface area contributed by atoms with E-state index in [0.717, 1.165) is 28.5 Å². The molecule has 116 valence electrons. The van der Waals surface area contributed by atoms with Crippen LogP contribution in [0, 0.1) is 6.92 Å². The van der Waals surface area contributed by atoms with Crippen LogP contribution in [-0.2, 0) is 0 Å². The maximum absolute atomic E-state index is 4.56. The minimum atomic E-state index is 0.898. The number of hydrogen-bond donors (Lipinski definition) is 1. The summed E-state index contributed by atoms with van der Waals surface area (Å²) >= 11 is 0. The molecule has 0 aliphatic rings. The van der Waals surface area contributed by atoms with Crippen LogP contribution >= 0.6 is 0 Å². The average molecular weight is 295 g/mol. The van der Waals surface area contributed by atoms with Crippen molar-refractivity contribution in [2.24, 2.45) is 0 Å². The first-order chi connectivity index (χ1) is 10.8. The average Bonchev–Trinajstić information content (AvgIpc) is 3.02. The Morgan fingerprint density at radius 2 is 1.45 bits per heavy atom. The van der Waals surface area contributed by atoms with Crippen molar-refractivity contribution in [1.29, 1.82) is 0 Å². The summed E-state index contributed by atoms with van der Waals surface area (Å²) in [5.41, 5.74) is 3.94. The topological polar surface area (TPSA) is 41.6 Å². The number of aromatic amines is 1. The van der Waals surface area contributed by atoms with Crippen LogP contribution < -0.4 is 0 Å². The zero-order valence-electron chi connectivity index (χ0n) is 14.1. The number of imidazole rings is 1. The molecule has 0 unspecified atom stereocenters. The SMILES string of the molecule is CC.CC.Cc1nc(-c2ccccc2)c(-c2ccccn2)[nH]1. The molecule has 0 fully saturated rings. The zero-order valence-corrected chi connectivity index (χ0v) is 14.1. The summed E-state index contributed by atoms with van der Waals surface area (Å²) in [6, 6.07) is 16.0. The second-order valence-electron chi connectivity index (χ2n) is 4.13. The summed E-state index contributed by atoms with van der Waals surface area (Å²) < 4.78 is 0. The van der Waals surface area contributed by atoms with Crippen molar-refractivity contribution >= 4 is 0 Å². The van der Waals surface area contributed by atoms with E-state index >= 15 is 0 Å². The van der Waals surface area contributed by atoms with Crippen LogP contribution in [0.4, 0.5) is 0 Å². The Labute approximate surface area is 133 Å². The summed E-state index contributed by atoms with van der Waals surface area (Å²) in [7, 11) is 0. The summed E-state index contributed by atoms with van der Waals surface area (Å²) in [6.45, 7) is 9.96. The van der Waals surface area contributed by atoms with Gasteiger partial charge in [0.1, 0.15) is 5.82 Å². The van der Waals surface area contributed by atoms with Crippen LogP contribution in [0.5, 0.6) is 0 Å². The highest BCUT2D eigenvalue weighted by Gasteiger charge is 2.12. The van der Waals surface area contributed by atoms with Gasteiger partial charge >= 0.3 is 0 Å². The van der Waals surface area contributed by atoms with Crippen LogP contribution in [0.25, 0.3) is 22.6 Å². The maximum Gasteiger partial charge on any atom is 0.104 e. The molecule has 0 bridgehead atoms. The molecule has 3 heteroatoms. The Morgan fingerprint density at radius 3 is 2.05 bits per heavy atom. The highest BCUT2D eigenvalue weighted by molar-refractivity contribution is 5.76. The van der Waals surface area contributed by atoms with E-state index in [0.29, 0.717) is 0 Å². The van der Waals surface area contributed by atoms with Gasteiger partial charge in [-0.05, 0) is 19.1 Å². The quantitative estimate of drug-likeness (QED) is 0.678. The fourth-order valence-electron chi connectivity index (χ4n) is 1.99. The Kier molecular flexibility index (Phi) is 7.62. The van der Waals surface area contributed by atoms with E-state index in [4.69, 9.17) is 0 Å². The van der Waals surface area contributed by atoms with Gasteiger partial charge in [-0.2, -0.15) is 0 Å². The molecule has 3 aromatic rings. The van der Waals surface area contributed by atoms with Crippen molar-refractivity contribution in [3.05, 3.63) is 60.6 Å². The normalized spacial score (nSPS) is 9.14. The molecule has 2 heterocycles. The van der Waals surface area contributed by atoms with Crippen molar-refractivity contribution in [2.45, 2.75) is 34.6 Å². The summed E-state index contributed by atoms with van der Waals surface area (Å²) in [5, 5.41) is 0. The maximum atomic E-state index is 4.56. The van der Waals surface area contributed by atoms with Gasteiger partial charge in [0, 0.05) is 11.8 Å². The number of hydrogen-bond acceptors (Lipinski definition) is 2. The first kappa shape index (κ1) is 17.6. The number of nitrogens with zero attached hydrogens (tertiary/aromatic N) is 2. The van der Waals surface area contributed by atoms with E-state index in [1.165, 1.54) is 0 Å². The van der Waals surface area contributed by atoms with Gasteiger partial charge in [0.25, 0.3) is 0 Å². The van der Waals surface area contributed by atoms with E-state index in [1.54, 1.807) is 6.20 Å². The number of H-pyrrole nitrogens is 1. The molecule has 0 aliphatic heterocycles. The minimum Gasteiger partial charge on any atom is -0.340 e. The smallest absolute Gasteiger partial charge is 0.104 e. The van der Waals surface area contributed by atoms with Gasteiger partial charge in [0.2, 0.25) is 0 Å². The fourth-order valence-corrected chi connectivity index (χ4v) is 1.99. The summed E-state index contributed by atoms with van der Waals surface area (Å²) in [4.78, 5) is 12.2. The van der Waals surface area contributed by atoms with Crippen LogP contribution in [0.2, 0.25) is 0 Å². The Bertz CT molecular complexity index is 586. The molecule has 0 atom stereocenters. The lowest BCUT2D eigenvalue weighted by molar-refractivity contribution is 1.15. The Morgan fingerprint density at radius 1 is 0.818 bits per heavy atom. The van der Waals surface area contributed by atoms with Crippen LogP contribution in [-0.4, -0.2) is 15.0 Å². The minimum absolute atomic E-state index is 0.898. The molecular weight excluding hydrogens is 270 g/mol. The van der Waals surface area contributed by atoms with Gasteiger partial charge in [0.05, 0.1) is 17.1 Å². The number of rotatable bonds is 2. The van der Waals surface area contributed by atoms with Gasteiger partial charge in [-0.25, -0.2) is 4.98 Å². The Balaban J connectivity index is 0.000000561. The molecule has 0 radical (unpaired) electrons. The van der Waals surface area contributed by atoms with E-state index in [2.05, 4.69) is 27.1 Å². The second-order valence-corrected chi connectivity index (χ2v) is 4.13. The molecule has 0 saturated heterocycles. The van der Waals surface area contributed by atoms with E-state index < -0.39 is 0 Å². The summed E-state index contributed by atoms with van der Waals surface area (Å²) in [5.74, 6) is 0.898. The standard InChI is InChI=1S/C15H13N3.2C2H6/c1-11-17-14(12-7-3-2-4-8-12)15(18-11)13-9-5-6-10-16-13;2*1-2/h2-10H,1H3,(H,17,18);2*1-2H3. The highest BCUT2D eigenvalue weighted by atomic mass is 14.9. The zero-order chi connectivity index (χ0) is 16.4. The molecule has 1 N–H and O–H groups in total. The third-order valence-corrected chi connectivity index (χ3v) is 2.79. The van der Waals surface area contributed by atoms with Gasteiger partial charge in [-0.15, -0.1) is 0 Å². The molecular formula is C19H25N3. The number of benzene rings is 1. The van der Waals surface area contributed by atoms with Crippen molar-refractivity contribution in [3.8, 4) is 22.6 Å². The van der Waals surface area contributed by atoms with Crippen molar-refractivity contribution in [2.75, 3.05) is 0 Å². The third-order valence-electron chi connectivity index (χ3n) is 2.79. The highest BCUT2D eigenvalue weighted by Crippen LogP contribution is 2.28. The van der Waals surface area contributed by atoms with E-state index in [9.17, 15) is 0 Å². The molecule has 3 rings (SSSR count). The molecule has 0 amide bonds. The van der Waals surface area contributed by atoms with Gasteiger partial charge in [-0.1, -0.05) is 64.1 Å². The third kappa shape index (κ3) is 4.29. The summed E-state index contributed by atoms with van der Waals surface area (Å²) in [6.07, 6.45) is 1.79. The predicted molar refractivity (Wildman–Crippen MR) is 94.7 cm³/mol. The monoisotopic (exact) mass is 295 g/mol. The first-order valence-corrected chi connectivity index (χ1v) is 7.88. The van der Waals surface area contributed by atoms with Gasteiger partial charge < -0.3 is 4.98 Å². The first-order valence-electron chi connectivity index (χ1n) is 7.88. The molecule has 2 aromatic heterocycles. The molecule has 0 spiro atoms. The lowest BCUT2D eigenvalue weighted by atomic mass is 10.1.